The van der Waals surface area contributed by atoms with Crippen LogP contribution in [0.15, 0.2) is 18.2 Å². The Labute approximate surface area is 144 Å². The second kappa shape index (κ2) is 6.96. The molecule has 3 rings (SSSR count). The molecule has 24 heavy (non-hydrogen) atoms. The van der Waals surface area contributed by atoms with Gasteiger partial charge in [-0.2, -0.15) is 5.10 Å². The Kier molecular flexibility index (Phi) is 4.75. The lowest BCUT2D eigenvalue weighted by molar-refractivity contribution is 0.354. The predicted molar refractivity (Wildman–Crippen MR) is 91.7 cm³/mol. The van der Waals surface area contributed by atoms with Crippen molar-refractivity contribution in [1.29, 1.82) is 0 Å². The number of rotatable bonds is 6. The van der Waals surface area contributed by atoms with Crippen LogP contribution in [0.2, 0.25) is 0 Å². The smallest absolute Gasteiger partial charge is 0.194 e. The fourth-order valence-corrected chi connectivity index (χ4v) is 3.14. The summed E-state index contributed by atoms with van der Waals surface area (Å²) < 4.78 is 14.6. The first-order chi connectivity index (χ1) is 11.6. The van der Waals surface area contributed by atoms with Crippen molar-refractivity contribution in [3.63, 3.8) is 0 Å². The van der Waals surface area contributed by atoms with Crippen LogP contribution in [-0.2, 0) is 6.42 Å². The van der Waals surface area contributed by atoms with Gasteiger partial charge in [0, 0.05) is 6.42 Å². The molecule has 0 aliphatic heterocycles. The molecule has 1 aromatic carbocycles. The summed E-state index contributed by atoms with van der Waals surface area (Å²) in [7, 11) is 3.24. The van der Waals surface area contributed by atoms with Gasteiger partial charge in [-0.25, -0.2) is 4.98 Å². The van der Waals surface area contributed by atoms with Gasteiger partial charge in [0.2, 0.25) is 0 Å². The molecule has 126 valence electrons. The lowest BCUT2D eigenvalue weighted by Gasteiger charge is -2.08. The molecule has 2 heterocycles. The van der Waals surface area contributed by atoms with Gasteiger partial charge in [-0.3, -0.25) is 5.10 Å². The van der Waals surface area contributed by atoms with Crippen LogP contribution in [0.4, 0.5) is 0 Å². The van der Waals surface area contributed by atoms with E-state index in [0.717, 1.165) is 22.0 Å². The normalized spacial score (nSPS) is 11.0. The third-order valence-electron chi connectivity index (χ3n) is 3.61. The summed E-state index contributed by atoms with van der Waals surface area (Å²) in [4.78, 5) is 5.50. The molecule has 0 atom stereocenters. The Morgan fingerprint density at radius 2 is 1.96 bits per heavy atom. The predicted octanol–water partition coefficient (Wildman–Crippen LogP) is 3.05. The van der Waals surface area contributed by atoms with Crippen molar-refractivity contribution in [2.75, 3.05) is 14.2 Å². The van der Waals surface area contributed by atoms with E-state index in [-0.39, 0.29) is 5.92 Å². The first-order valence-electron chi connectivity index (χ1n) is 7.57. The zero-order valence-electron chi connectivity index (χ0n) is 14.0. The van der Waals surface area contributed by atoms with Crippen LogP contribution in [0.25, 0.3) is 10.7 Å². The van der Waals surface area contributed by atoms with Crippen molar-refractivity contribution in [1.82, 2.24) is 24.8 Å². The minimum Gasteiger partial charge on any atom is -0.493 e. The molecule has 0 saturated carbocycles. The lowest BCUT2D eigenvalue weighted by atomic mass is 10.1. The molecule has 3 aromatic rings. The van der Waals surface area contributed by atoms with Gasteiger partial charge in [-0.05, 0) is 35.1 Å². The van der Waals surface area contributed by atoms with Gasteiger partial charge in [0.1, 0.15) is 10.7 Å². The molecule has 0 saturated heterocycles. The number of aromatic amines is 1. The maximum atomic E-state index is 5.33. The molecule has 7 nitrogen and oxygen atoms in total. The van der Waals surface area contributed by atoms with Gasteiger partial charge in [0.15, 0.2) is 17.3 Å². The van der Waals surface area contributed by atoms with Crippen LogP contribution in [0, 0.1) is 0 Å². The summed E-state index contributed by atoms with van der Waals surface area (Å²) in [5.41, 5.74) is 1.98. The van der Waals surface area contributed by atoms with E-state index in [2.05, 4.69) is 38.6 Å². The number of H-pyrrole nitrogens is 1. The third-order valence-corrected chi connectivity index (χ3v) is 4.35. The number of nitrogens with one attached hydrogen (secondary N) is 1. The number of ether oxygens (including phenoxy) is 2. The molecule has 0 radical (unpaired) electrons. The Bertz CT molecular complexity index is 827. The topological polar surface area (TPSA) is 85.8 Å². The van der Waals surface area contributed by atoms with E-state index in [1.165, 1.54) is 11.5 Å². The molecule has 0 amide bonds. The average Bonchev–Trinajstić information content (AvgIpc) is 3.23. The Hall–Kier alpha value is -2.48. The van der Waals surface area contributed by atoms with Crippen molar-refractivity contribution >= 4 is 11.5 Å². The van der Waals surface area contributed by atoms with Gasteiger partial charge < -0.3 is 9.47 Å². The standard InChI is InChI=1S/C16H19N5O2S/c1-9(2)14-15(24-21-19-14)16-17-13(18-20-16)8-10-5-6-11(22-3)12(7-10)23-4/h5-7,9H,8H2,1-4H3,(H,17,18,20). The number of hydrogen-bond acceptors (Lipinski definition) is 7. The van der Waals surface area contributed by atoms with Gasteiger partial charge in [-0.1, -0.05) is 24.4 Å². The van der Waals surface area contributed by atoms with Crippen molar-refractivity contribution < 1.29 is 9.47 Å². The molecule has 0 aliphatic carbocycles. The highest BCUT2D eigenvalue weighted by Gasteiger charge is 2.17. The van der Waals surface area contributed by atoms with Crippen LogP contribution in [0.1, 0.15) is 36.8 Å². The second-order valence-electron chi connectivity index (χ2n) is 5.61. The average molecular weight is 345 g/mol. The zero-order chi connectivity index (χ0) is 17.1. The summed E-state index contributed by atoms with van der Waals surface area (Å²) in [5.74, 6) is 3.11. The Morgan fingerprint density at radius 1 is 1.17 bits per heavy atom. The summed E-state index contributed by atoms with van der Waals surface area (Å²) >= 11 is 1.32. The highest BCUT2D eigenvalue weighted by atomic mass is 32.1. The maximum absolute atomic E-state index is 5.33. The SMILES string of the molecule is COc1ccc(Cc2nc(-c3snnc3C(C)C)n[nH]2)cc1OC. The number of nitrogens with zero attached hydrogens (tertiary/aromatic N) is 4. The van der Waals surface area contributed by atoms with E-state index < -0.39 is 0 Å². The number of benzene rings is 1. The van der Waals surface area contributed by atoms with Crippen molar-refractivity contribution in [2.45, 2.75) is 26.2 Å². The van der Waals surface area contributed by atoms with Gasteiger partial charge in [0.25, 0.3) is 0 Å². The summed E-state index contributed by atoms with van der Waals surface area (Å²) in [6, 6.07) is 5.81. The molecule has 2 aromatic heterocycles. The summed E-state index contributed by atoms with van der Waals surface area (Å²) in [5, 5.41) is 11.5. The number of methoxy groups -OCH3 is 2. The minimum absolute atomic E-state index is 0.284. The fourth-order valence-electron chi connectivity index (χ4n) is 2.39. The van der Waals surface area contributed by atoms with Gasteiger partial charge in [-0.15, -0.1) is 5.10 Å². The fraction of sp³-hybridized carbons (Fsp3) is 0.375. The van der Waals surface area contributed by atoms with Crippen molar-refractivity contribution in [3.05, 3.63) is 35.3 Å². The van der Waals surface area contributed by atoms with Gasteiger partial charge >= 0.3 is 0 Å². The van der Waals surface area contributed by atoms with E-state index in [1.54, 1.807) is 14.2 Å². The molecule has 1 N–H and O–H groups in total. The molecule has 8 heteroatoms. The van der Waals surface area contributed by atoms with E-state index in [4.69, 9.17) is 9.47 Å². The van der Waals surface area contributed by atoms with Crippen molar-refractivity contribution in [2.24, 2.45) is 0 Å². The molecular weight excluding hydrogens is 326 g/mol. The summed E-state index contributed by atoms with van der Waals surface area (Å²) in [6.07, 6.45) is 0.622. The van der Waals surface area contributed by atoms with Crippen LogP contribution in [0.5, 0.6) is 11.5 Å². The molecule has 0 fully saturated rings. The highest BCUT2D eigenvalue weighted by molar-refractivity contribution is 7.09. The Balaban J connectivity index is 1.83. The van der Waals surface area contributed by atoms with Crippen LogP contribution in [0.3, 0.4) is 0 Å². The highest BCUT2D eigenvalue weighted by Crippen LogP contribution is 2.30. The molecular formula is C16H19N5O2S. The van der Waals surface area contributed by atoms with Crippen LogP contribution in [-0.4, -0.2) is 39.0 Å². The minimum atomic E-state index is 0.284. The lowest BCUT2D eigenvalue weighted by Crippen LogP contribution is -1.95. The van der Waals surface area contributed by atoms with E-state index >= 15 is 0 Å². The Morgan fingerprint density at radius 3 is 2.67 bits per heavy atom. The molecule has 0 spiro atoms. The molecule has 0 unspecified atom stereocenters. The zero-order valence-corrected chi connectivity index (χ0v) is 14.8. The molecule has 0 aliphatic rings. The second-order valence-corrected chi connectivity index (χ2v) is 6.37. The largest absolute Gasteiger partial charge is 0.493 e. The number of hydrogen-bond donors (Lipinski definition) is 1. The van der Waals surface area contributed by atoms with E-state index in [1.807, 2.05) is 18.2 Å². The van der Waals surface area contributed by atoms with E-state index in [9.17, 15) is 0 Å². The quantitative estimate of drug-likeness (QED) is 0.739. The first kappa shape index (κ1) is 16.4. The maximum Gasteiger partial charge on any atom is 0.194 e. The van der Waals surface area contributed by atoms with Crippen LogP contribution >= 0.6 is 11.5 Å². The summed E-state index contributed by atoms with van der Waals surface area (Å²) in [6.45, 7) is 4.16. The van der Waals surface area contributed by atoms with E-state index in [0.29, 0.717) is 23.7 Å². The first-order valence-corrected chi connectivity index (χ1v) is 8.34. The number of aromatic nitrogens is 5. The molecule has 0 bridgehead atoms. The monoisotopic (exact) mass is 345 g/mol. The third kappa shape index (κ3) is 3.23. The van der Waals surface area contributed by atoms with Crippen molar-refractivity contribution in [3.8, 4) is 22.2 Å². The van der Waals surface area contributed by atoms with Crippen LogP contribution < -0.4 is 9.47 Å². The van der Waals surface area contributed by atoms with Gasteiger partial charge in [0.05, 0.1) is 19.9 Å².